The van der Waals surface area contributed by atoms with Crippen molar-refractivity contribution >= 4 is 42.1 Å². The number of benzene rings is 1. The Labute approximate surface area is 164 Å². The quantitative estimate of drug-likeness (QED) is 0.825. The molecule has 2 aliphatic rings. The van der Waals surface area contributed by atoms with E-state index in [0.29, 0.717) is 23.8 Å². The number of nitrogens with zero attached hydrogens (tertiary/aromatic N) is 1. The van der Waals surface area contributed by atoms with Gasteiger partial charge in [-0.1, -0.05) is 30.3 Å². The van der Waals surface area contributed by atoms with E-state index in [2.05, 4.69) is 27.8 Å². The van der Waals surface area contributed by atoms with E-state index in [4.69, 9.17) is 0 Å². The fourth-order valence-corrected chi connectivity index (χ4v) is 4.51. The second-order valence-corrected chi connectivity index (χ2v) is 7.51. The summed E-state index contributed by atoms with van der Waals surface area (Å²) < 4.78 is 0. The van der Waals surface area contributed by atoms with Crippen LogP contribution in [-0.4, -0.2) is 29.0 Å². The summed E-state index contributed by atoms with van der Waals surface area (Å²) in [5.41, 5.74) is 1.79. The van der Waals surface area contributed by atoms with Gasteiger partial charge in [0.15, 0.2) is 0 Å². The van der Waals surface area contributed by atoms with E-state index >= 15 is 0 Å². The van der Waals surface area contributed by atoms with Crippen LogP contribution in [0.5, 0.6) is 0 Å². The molecule has 1 amide bonds. The number of carbonyl (C=O) groups is 1. The molecule has 25 heavy (non-hydrogen) atoms. The molecule has 2 bridgehead atoms. The van der Waals surface area contributed by atoms with Gasteiger partial charge in [-0.2, -0.15) is 0 Å². The second-order valence-electron chi connectivity index (χ2n) is 6.57. The van der Waals surface area contributed by atoms with E-state index < -0.39 is 0 Å². The van der Waals surface area contributed by atoms with Crippen molar-refractivity contribution in [1.29, 1.82) is 0 Å². The largest absolute Gasteiger partial charge is 0.348 e. The zero-order valence-electron chi connectivity index (χ0n) is 13.8. The first-order valence-corrected chi connectivity index (χ1v) is 9.19. The first kappa shape index (κ1) is 20.2. The number of nitrogens with one attached hydrogen (secondary N) is 2. The van der Waals surface area contributed by atoms with Crippen LogP contribution >= 0.6 is 36.2 Å². The molecule has 2 N–H and O–H groups in total. The van der Waals surface area contributed by atoms with Crippen LogP contribution in [0.1, 0.15) is 46.7 Å². The maximum atomic E-state index is 12.4. The number of hydrogen-bond acceptors (Lipinski definition) is 4. The third kappa shape index (κ3) is 4.94. The Kier molecular flexibility index (Phi) is 7.25. The van der Waals surface area contributed by atoms with E-state index in [1.807, 2.05) is 23.6 Å². The molecule has 2 saturated heterocycles. The van der Waals surface area contributed by atoms with Crippen molar-refractivity contribution in [1.82, 2.24) is 15.6 Å². The third-order valence-corrected chi connectivity index (χ3v) is 5.64. The third-order valence-electron chi connectivity index (χ3n) is 4.79. The average Bonchev–Trinajstić information content (AvgIpc) is 3.15. The van der Waals surface area contributed by atoms with Gasteiger partial charge in [-0.05, 0) is 31.2 Å². The maximum absolute atomic E-state index is 12.4. The molecule has 0 spiro atoms. The Morgan fingerprint density at radius 2 is 1.84 bits per heavy atom. The molecule has 1 aromatic carbocycles. The number of fused-ring (bicyclic) bond motifs is 2. The normalized spacial score (nSPS) is 24.1. The minimum atomic E-state index is -0.0214. The van der Waals surface area contributed by atoms with Gasteiger partial charge in [0.1, 0.15) is 5.69 Å². The Balaban J connectivity index is 0.00000113. The molecule has 2 unspecified atom stereocenters. The van der Waals surface area contributed by atoms with Gasteiger partial charge >= 0.3 is 0 Å². The molecule has 2 fully saturated rings. The van der Waals surface area contributed by atoms with E-state index in [1.54, 1.807) is 11.3 Å². The van der Waals surface area contributed by atoms with Crippen LogP contribution in [0.4, 0.5) is 0 Å². The highest BCUT2D eigenvalue weighted by Gasteiger charge is 2.34. The lowest BCUT2D eigenvalue weighted by Gasteiger charge is -2.29. The topological polar surface area (TPSA) is 54.0 Å². The number of thiazole rings is 1. The summed E-state index contributed by atoms with van der Waals surface area (Å²) in [6.07, 6.45) is 5.37. The Morgan fingerprint density at radius 1 is 1.16 bits per heavy atom. The van der Waals surface area contributed by atoms with E-state index in [1.165, 1.54) is 18.4 Å². The highest BCUT2D eigenvalue weighted by atomic mass is 35.5. The number of rotatable bonds is 4. The van der Waals surface area contributed by atoms with Crippen LogP contribution < -0.4 is 10.6 Å². The first-order valence-electron chi connectivity index (χ1n) is 8.31. The molecule has 7 heteroatoms. The summed E-state index contributed by atoms with van der Waals surface area (Å²) in [4.78, 5) is 16.9. The van der Waals surface area contributed by atoms with Crippen molar-refractivity contribution in [3.8, 4) is 0 Å². The number of amides is 1. The number of aromatic nitrogens is 1. The van der Waals surface area contributed by atoms with Gasteiger partial charge in [0.05, 0.1) is 5.01 Å². The maximum Gasteiger partial charge on any atom is 0.270 e. The van der Waals surface area contributed by atoms with Gasteiger partial charge in [-0.3, -0.25) is 4.79 Å². The molecule has 4 rings (SSSR count). The molecule has 0 aliphatic carbocycles. The van der Waals surface area contributed by atoms with Gasteiger partial charge in [0, 0.05) is 29.9 Å². The summed E-state index contributed by atoms with van der Waals surface area (Å²) in [5, 5.41) is 9.65. The molecule has 1 aromatic heterocycles. The summed E-state index contributed by atoms with van der Waals surface area (Å²) in [6, 6.07) is 11.7. The molecule has 2 aromatic rings. The van der Waals surface area contributed by atoms with Gasteiger partial charge in [0.25, 0.3) is 5.91 Å². The van der Waals surface area contributed by atoms with Gasteiger partial charge in [0.2, 0.25) is 0 Å². The predicted octanol–water partition coefficient (Wildman–Crippen LogP) is 3.59. The Hall–Kier alpha value is -1.14. The van der Waals surface area contributed by atoms with Gasteiger partial charge < -0.3 is 10.6 Å². The fraction of sp³-hybridized carbons (Fsp3) is 0.444. The molecule has 0 saturated carbocycles. The lowest BCUT2D eigenvalue weighted by Crippen LogP contribution is -2.48. The SMILES string of the molecule is Cl.Cl.O=C(NC1CC2CCC(C1)N2)c1csc(Cc2ccccc2)n1. The molecular weight excluding hydrogens is 377 g/mol. The van der Waals surface area contributed by atoms with Crippen molar-refractivity contribution in [3.05, 3.63) is 52.0 Å². The van der Waals surface area contributed by atoms with E-state index in [9.17, 15) is 4.79 Å². The van der Waals surface area contributed by atoms with E-state index in [-0.39, 0.29) is 30.7 Å². The molecule has 2 aliphatic heterocycles. The number of carbonyl (C=O) groups excluding carboxylic acids is 1. The van der Waals surface area contributed by atoms with Crippen LogP contribution in [-0.2, 0) is 6.42 Å². The number of piperidine rings is 1. The molecule has 3 heterocycles. The summed E-state index contributed by atoms with van der Waals surface area (Å²) in [5.74, 6) is -0.0214. The van der Waals surface area contributed by atoms with Crippen molar-refractivity contribution in [2.24, 2.45) is 0 Å². The summed E-state index contributed by atoms with van der Waals surface area (Å²) >= 11 is 1.56. The minimum Gasteiger partial charge on any atom is -0.348 e. The van der Waals surface area contributed by atoms with Crippen molar-refractivity contribution in [3.63, 3.8) is 0 Å². The zero-order chi connectivity index (χ0) is 15.6. The summed E-state index contributed by atoms with van der Waals surface area (Å²) in [7, 11) is 0. The van der Waals surface area contributed by atoms with Crippen LogP contribution in [0.3, 0.4) is 0 Å². The lowest BCUT2D eigenvalue weighted by atomic mass is 10.00. The van der Waals surface area contributed by atoms with E-state index in [0.717, 1.165) is 24.3 Å². The molecule has 2 atom stereocenters. The molecule has 136 valence electrons. The average molecular weight is 400 g/mol. The standard InChI is InChI=1S/C18H21N3OS.2ClH/c22-18(20-15-9-13-6-7-14(10-15)19-13)16-11-23-17(21-16)8-12-4-2-1-3-5-12;;/h1-5,11,13-15,19H,6-10H2,(H,20,22);2*1H. The van der Waals surface area contributed by atoms with Crippen LogP contribution in [0.2, 0.25) is 0 Å². The molecule has 4 nitrogen and oxygen atoms in total. The Morgan fingerprint density at radius 3 is 2.52 bits per heavy atom. The smallest absolute Gasteiger partial charge is 0.270 e. The molecule has 0 radical (unpaired) electrons. The fourth-order valence-electron chi connectivity index (χ4n) is 3.70. The van der Waals surface area contributed by atoms with Crippen LogP contribution in [0.25, 0.3) is 0 Å². The first-order chi connectivity index (χ1) is 11.3. The highest BCUT2D eigenvalue weighted by molar-refractivity contribution is 7.09. The number of halogens is 2. The highest BCUT2D eigenvalue weighted by Crippen LogP contribution is 2.27. The van der Waals surface area contributed by atoms with Crippen LogP contribution in [0, 0.1) is 0 Å². The summed E-state index contributed by atoms with van der Waals surface area (Å²) in [6.45, 7) is 0. The lowest BCUT2D eigenvalue weighted by molar-refractivity contribution is 0.0919. The predicted molar refractivity (Wildman–Crippen MR) is 106 cm³/mol. The monoisotopic (exact) mass is 399 g/mol. The second kappa shape index (κ2) is 8.99. The van der Waals surface area contributed by atoms with Gasteiger partial charge in [-0.15, -0.1) is 36.2 Å². The van der Waals surface area contributed by atoms with Gasteiger partial charge in [-0.25, -0.2) is 4.98 Å². The molecular formula is C18H23Cl2N3OS. The zero-order valence-corrected chi connectivity index (χ0v) is 16.3. The van der Waals surface area contributed by atoms with Crippen molar-refractivity contribution in [2.75, 3.05) is 0 Å². The number of hydrogen-bond donors (Lipinski definition) is 2. The van der Waals surface area contributed by atoms with Crippen LogP contribution in [0.15, 0.2) is 35.7 Å². The Bertz CT molecular complexity index is 683. The van der Waals surface area contributed by atoms with Crippen molar-refractivity contribution in [2.45, 2.75) is 50.2 Å². The van der Waals surface area contributed by atoms with Crippen molar-refractivity contribution < 1.29 is 4.79 Å². The minimum absolute atomic E-state index is 0.